The average molecular weight is 461 g/mol. The minimum Gasteiger partial charge on any atom is -0.0616 e. The fraction of sp³-hybridized carbons (Fsp3) is 0.167. The quantitative estimate of drug-likeness (QED) is 0.212. The normalized spacial score (nSPS) is 16.2. The van der Waals surface area contributed by atoms with Crippen molar-refractivity contribution in [3.05, 3.63) is 119 Å². The number of hydrogen-bond donors (Lipinski definition) is 0. The molecule has 0 N–H and O–H groups in total. The van der Waals surface area contributed by atoms with E-state index < -0.39 is 0 Å². The minimum absolute atomic E-state index is 0.0767. The third-order valence-electron chi connectivity index (χ3n) is 9.25. The van der Waals surface area contributed by atoms with Gasteiger partial charge in [0.1, 0.15) is 0 Å². The van der Waals surface area contributed by atoms with Crippen LogP contribution < -0.4 is 0 Å². The maximum absolute atomic E-state index is 2.43. The predicted molar refractivity (Wildman–Crippen MR) is 154 cm³/mol. The van der Waals surface area contributed by atoms with Gasteiger partial charge < -0.3 is 0 Å². The van der Waals surface area contributed by atoms with Gasteiger partial charge in [0.05, 0.1) is 0 Å². The molecule has 36 heavy (non-hydrogen) atoms. The van der Waals surface area contributed by atoms with Gasteiger partial charge in [-0.25, -0.2) is 0 Å². The largest absolute Gasteiger partial charge is 0.0616 e. The van der Waals surface area contributed by atoms with Gasteiger partial charge in [0.15, 0.2) is 0 Å². The Labute approximate surface area is 212 Å². The molecule has 0 spiro atoms. The number of hydrogen-bond acceptors (Lipinski definition) is 0. The Morgan fingerprint density at radius 2 is 0.778 bits per heavy atom. The zero-order valence-corrected chi connectivity index (χ0v) is 21.2. The molecule has 0 bridgehead atoms. The lowest BCUT2D eigenvalue weighted by Gasteiger charge is -2.41. The number of fused-ring (bicyclic) bond motifs is 8. The van der Waals surface area contributed by atoms with Crippen molar-refractivity contribution in [2.24, 2.45) is 0 Å². The topological polar surface area (TPSA) is 0 Å². The standard InChI is InChI=1S/C36H28/c1-35(2)27-17-13-21-9-5-7-11-23(21)31(27)25-15-16-26-32-24-12-8-6-10-22(24)14-18-28(32)36(3,4)30-20-19-29(35)33(25)34(26)30/h5-20H,1-4H3. The second-order valence-corrected chi connectivity index (χ2v) is 11.7. The number of benzene rings is 6. The smallest absolute Gasteiger partial charge is 0.0159 e. The van der Waals surface area contributed by atoms with Gasteiger partial charge in [0, 0.05) is 10.8 Å². The summed E-state index contributed by atoms with van der Waals surface area (Å²) in [5, 5.41) is 8.24. The molecule has 0 atom stereocenters. The van der Waals surface area contributed by atoms with Crippen molar-refractivity contribution in [3.8, 4) is 22.3 Å². The van der Waals surface area contributed by atoms with Crippen LogP contribution in [-0.4, -0.2) is 0 Å². The van der Waals surface area contributed by atoms with Gasteiger partial charge in [-0.05, 0) is 76.8 Å². The van der Waals surface area contributed by atoms with Crippen LogP contribution >= 0.6 is 0 Å². The van der Waals surface area contributed by atoms with Gasteiger partial charge in [0.25, 0.3) is 0 Å². The molecular formula is C36H28. The Kier molecular flexibility index (Phi) is 3.64. The Hall–Kier alpha value is -3.90. The highest BCUT2D eigenvalue weighted by Crippen LogP contribution is 2.57. The molecule has 0 heteroatoms. The maximum atomic E-state index is 2.43. The second kappa shape index (κ2) is 6.45. The Bertz CT molecular complexity index is 1790. The Morgan fingerprint density at radius 1 is 0.389 bits per heavy atom. The van der Waals surface area contributed by atoms with Gasteiger partial charge in [-0.1, -0.05) is 125 Å². The van der Waals surface area contributed by atoms with Crippen molar-refractivity contribution in [2.75, 3.05) is 0 Å². The van der Waals surface area contributed by atoms with Crippen molar-refractivity contribution in [3.63, 3.8) is 0 Å². The van der Waals surface area contributed by atoms with Crippen molar-refractivity contribution in [1.29, 1.82) is 0 Å². The molecule has 6 aromatic carbocycles. The van der Waals surface area contributed by atoms with Crippen LogP contribution in [0.2, 0.25) is 0 Å². The van der Waals surface area contributed by atoms with Crippen LogP contribution in [0.15, 0.2) is 97.1 Å². The van der Waals surface area contributed by atoms with Crippen LogP contribution in [0, 0.1) is 0 Å². The molecule has 0 amide bonds. The zero-order valence-electron chi connectivity index (χ0n) is 21.2. The first-order valence-electron chi connectivity index (χ1n) is 13.0. The summed E-state index contributed by atoms with van der Waals surface area (Å²) in [6.07, 6.45) is 0. The van der Waals surface area contributed by atoms with Gasteiger partial charge in [-0.2, -0.15) is 0 Å². The molecule has 0 saturated heterocycles. The molecular weight excluding hydrogens is 432 g/mol. The summed E-state index contributed by atoms with van der Waals surface area (Å²) in [6, 6.07) is 36.8. The molecule has 0 saturated carbocycles. The molecule has 0 radical (unpaired) electrons. The average Bonchev–Trinajstić information content (AvgIpc) is 2.89. The molecule has 0 nitrogen and oxygen atoms in total. The summed E-state index contributed by atoms with van der Waals surface area (Å²) in [5.74, 6) is 0. The SMILES string of the molecule is CC1(C)c2ccc3ccccc3c2-c2ccc3c4c(ccc1c24)C(C)(C)c1ccc2ccccc2c1-3. The van der Waals surface area contributed by atoms with Crippen LogP contribution in [0.5, 0.6) is 0 Å². The molecule has 172 valence electrons. The van der Waals surface area contributed by atoms with Crippen molar-refractivity contribution in [2.45, 2.75) is 38.5 Å². The van der Waals surface area contributed by atoms with Crippen LogP contribution in [-0.2, 0) is 10.8 Å². The van der Waals surface area contributed by atoms with Crippen molar-refractivity contribution < 1.29 is 0 Å². The minimum atomic E-state index is -0.0767. The summed E-state index contributed by atoms with van der Waals surface area (Å²) in [6.45, 7) is 9.63. The highest BCUT2D eigenvalue weighted by atomic mass is 14.4. The van der Waals surface area contributed by atoms with E-state index in [-0.39, 0.29) is 10.8 Å². The molecule has 2 aliphatic carbocycles. The molecule has 2 aliphatic rings. The van der Waals surface area contributed by atoms with E-state index in [2.05, 4.69) is 125 Å². The third-order valence-corrected chi connectivity index (χ3v) is 9.25. The van der Waals surface area contributed by atoms with Crippen LogP contribution in [0.3, 0.4) is 0 Å². The van der Waals surface area contributed by atoms with Gasteiger partial charge in [-0.3, -0.25) is 0 Å². The summed E-state index contributed by atoms with van der Waals surface area (Å²) < 4.78 is 0. The van der Waals surface area contributed by atoms with E-state index in [1.165, 1.54) is 76.8 Å². The highest BCUT2D eigenvalue weighted by Gasteiger charge is 2.40. The highest BCUT2D eigenvalue weighted by molar-refractivity contribution is 6.18. The molecule has 0 fully saturated rings. The van der Waals surface area contributed by atoms with Crippen molar-refractivity contribution >= 4 is 32.3 Å². The fourth-order valence-corrected chi connectivity index (χ4v) is 7.41. The van der Waals surface area contributed by atoms with Crippen LogP contribution in [0.25, 0.3) is 54.6 Å². The predicted octanol–water partition coefficient (Wildman–Crippen LogP) is 9.76. The molecule has 0 heterocycles. The molecule has 0 aromatic heterocycles. The maximum Gasteiger partial charge on any atom is 0.0159 e. The Morgan fingerprint density at radius 3 is 1.22 bits per heavy atom. The van der Waals surface area contributed by atoms with Crippen LogP contribution in [0.1, 0.15) is 49.9 Å². The second-order valence-electron chi connectivity index (χ2n) is 11.7. The van der Waals surface area contributed by atoms with Gasteiger partial charge in [0.2, 0.25) is 0 Å². The summed E-state index contributed by atoms with van der Waals surface area (Å²) in [4.78, 5) is 0. The monoisotopic (exact) mass is 460 g/mol. The summed E-state index contributed by atoms with van der Waals surface area (Å²) in [5.41, 5.74) is 11.2. The van der Waals surface area contributed by atoms with E-state index in [0.717, 1.165) is 0 Å². The van der Waals surface area contributed by atoms with Gasteiger partial charge in [-0.15, -0.1) is 0 Å². The molecule has 0 unspecified atom stereocenters. The van der Waals surface area contributed by atoms with E-state index >= 15 is 0 Å². The first-order valence-corrected chi connectivity index (χ1v) is 13.0. The molecule has 8 rings (SSSR count). The Balaban J connectivity index is 1.62. The molecule has 6 aromatic rings. The lowest BCUT2D eigenvalue weighted by Crippen LogP contribution is -2.28. The lowest BCUT2D eigenvalue weighted by molar-refractivity contribution is 0.634. The first kappa shape index (κ1) is 20.3. The lowest BCUT2D eigenvalue weighted by atomic mass is 9.62. The van der Waals surface area contributed by atoms with E-state index in [0.29, 0.717) is 0 Å². The zero-order chi connectivity index (χ0) is 24.4. The van der Waals surface area contributed by atoms with E-state index in [1.807, 2.05) is 0 Å². The molecule has 0 aliphatic heterocycles. The summed E-state index contributed by atoms with van der Waals surface area (Å²) in [7, 11) is 0. The van der Waals surface area contributed by atoms with Crippen LogP contribution in [0.4, 0.5) is 0 Å². The van der Waals surface area contributed by atoms with Crippen molar-refractivity contribution in [1.82, 2.24) is 0 Å². The first-order chi connectivity index (χ1) is 17.4. The fourth-order valence-electron chi connectivity index (χ4n) is 7.41. The number of rotatable bonds is 0. The third kappa shape index (κ3) is 2.26. The van der Waals surface area contributed by atoms with E-state index in [4.69, 9.17) is 0 Å². The van der Waals surface area contributed by atoms with Gasteiger partial charge >= 0.3 is 0 Å². The summed E-state index contributed by atoms with van der Waals surface area (Å²) >= 11 is 0. The van der Waals surface area contributed by atoms with E-state index in [9.17, 15) is 0 Å². The van der Waals surface area contributed by atoms with E-state index in [1.54, 1.807) is 0 Å².